The summed E-state index contributed by atoms with van der Waals surface area (Å²) in [4.78, 5) is 14.3. The van der Waals surface area contributed by atoms with Gasteiger partial charge < -0.3 is 78.7 Å². The second-order valence-electron chi connectivity index (χ2n) is 13.1. The number of carbonyl (C=O) groups is 1. The molecule has 16 nitrogen and oxygen atoms in total. The summed E-state index contributed by atoms with van der Waals surface area (Å²) < 4.78 is 24.4. The van der Waals surface area contributed by atoms with Crippen LogP contribution in [0.4, 0.5) is 0 Å². The summed E-state index contributed by atoms with van der Waals surface area (Å²) in [7, 11) is 1.57. The van der Waals surface area contributed by atoms with E-state index < -0.39 is 77.1 Å². The van der Waals surface area contributed by atoms with Crippen molar-refractivity contribution in [1.82, 2.24) is 10.6 Å². The molecule has 16 heteroatoms. The maximum atomic E-state index is 14.3. The number of nitrogens with two attached hydrogens (primary N) is 5. The summed E-state index contributed by atoms with van der Waals surface area (Å²) in [5, 5.41) is 51.5. The van der Waals surface area contributed by atoms with Crippen molar-refractivity contribution in [1.29, 1.82) is 0 Å². The lowest BCUT2D eigenvalue weighted by Gasteiger charge is -2.59. The number of ketones is 1. The van der Waals surface area contributed by atoms with Crippen LogP contribution in [0.3, 0.4) is 0 Å². The van der Waals surface area contributed by atoms with E-state index in [4.69, 9.17) is 47.6 Å². The molecule has 3 fully saturated rings. The summed E-state index contributed by atoms with van der Waals surface area (Å²) in [5.74, 6) is -0.123. The monoisotopic (exact) mass is 631 g/mol. The molecule has 0 radical (unpaired) electrons. The molecule has 1 unspecified atom stereocenters. The highest BCUT2D eigenvalue weighted by atomic mass is 16.7. The van der Waals surface area contributed by atoms with Crippen LogP contribution < -0.4 is 39.3 Å². The molecule has 4 rings (SSSR count). The molecule has 2 saturated heterocycles. The standard InChI is InChI=1S/C28H53N7O9/c1-25(39)14-41-24(19(37)21(25)34-2)44-28(6-3-8-29)22(38)20(43-23-16(31)5-4-15(12-30)42-23)17(32)10-27(28,33)18(36)11-26(40)7-9-35-13-26/h4,16-17,19-24,34-35,37-40H,3,5-14,29-33H2,1-2H3/t16-,17+,19-,20-,21-,22+,23-,24-,25+,26?,27+,28-/m1/s1. The first-order valence-corrected chi connectivity index (χ1v) is 15.4. The van der Waals surface area contributed by atoms with E-state index in [9.17, 15) is 25.2 Å². The zero-order valence-corrected chi connectivity index (χ0v) is 25.7. The Hall–Kier alpha value is -1.35. The number of Topliss-reactive ketones (excluding diaryl/α,β-unsaturated/α-hetero) is 1. The maximum Gasteiger partial charge on any atom is 0.215 e. The number of aliphatic hydroxyl groups excluding tert-OH is 2. The molecule has 44 heavy (non-hydrogen) atoms. The van der Waals surface area contributed by atoms with E-state index in [2.05, 4.69) is 10.6 Å². The number of hydrogen-bond donors (Lipinski definition) is 11. The maximum absolute atomic E-state index is 14.3. The SMILES string of the molecule is CN[C@@H]1[C@@H](O)[C@@H](O[C@]2(CCCN)[C@@H](O)[C@H](O[C@H]3OC(CN)=CC[C@H]3N)[C@@H](N)C[C@]2(N)C(=O)CC2(O)CCNC2)OC[C@]1(C)O. The predicted octanol–water partition coefficient (Wildman–Crippen LogP) is -4.69. The van der Waals surface area contributed by atoms with Gasteiger partial charge in [0.05, 0.1) is 30.8 Å². The zero-order valence-electron chi connectivity index (χ0n) is 25.7. The highest BCUT2D eigenvalue weighted by Gasteiger charge is 2.67. The van der Waals surface area contributed by atoms with E-state index in [0.29, 0.717) is 25.1 Å². The van der Waals surface area contributed by atoms with Gasteiger partial charge in [0.25, 0.3) is 0 Å². The molecule has 0 amide bonds. The van der Waals surface area contributed by atoms with Crippen LogP contribution in [0.2, 0.25) is 0 Å². The predicted molar refractivity (Wildman–Crippen MR) is 158 cm³/mol. The van der Waals surface area contributed by atoms with E-state index in [0.717, 1.165) is 0 Å². The van der Waals surface area contributed by atoms with Crippen molar-refractivity contribution in [3.63, 3.8) is 0 Å². The van der Waals surface area contributed by atoms with E-state index in [1.807, 2.05) is 0 Å². The van der Waals surface area contributed by atoms with E-state index in [-0.39, 0.29) is 51.9 Å². The zero-order chi connectivity index (χ0) is 32.5. The summed E-state index contributed by atoms with van der Waals surface area (Å²) in [6.07, 6.45) is -4.69. The van der Waals surface area contributed by atoms with Gasteiger partial charge in [0, 0.05) is 19.0 Å². The Morgan fingerprint density at radius 3 is 2.55 bits per heavy atom. The fourth-order valence-corrected chi connectivity index (χ4v) is 7.09. The van der Waals surface area contributed by atoms with Crippen molar-refractivity contribution in [2.75, 3.05) is 39.8 Å². The van der Waals surface area contributed by atoms with Crippen LogP contribution in [0.25, 0.3) is 0 Å². The van der Waals surface area contributed by atoms with Gasteiger partial charge in [0.2, 0.25) is 6.29 Å². The minimum atomic E-state index is -1.99. The van der Waals surface area contributed by atoms with Crippen LogP contribution in [0.15, 0.2) is 11.8 Å². The molecule has 16 N–H and O–H groups in total. The third-order valence-electron chi connectivity index (χ3n) is 9.68. The highest BCUT2D eigenvalue weighted by molar-refractivity contribution is 5.91. The molecule has 0 bridgehead atoms. The second-order valence-corrected chi connectivity index (χ2v) is 13.1. The normalized spacial score (nSPS) is 46.4. The molecule has 254 valence electrons. The van der Waals surface area contributed by atoms with Gasteiger partial charge in [-0.25, -0.2) is 0 Å². The average molecular weight is 632 g/mol. The molecular formula is C28H53N7O9. The number of nitrogens with one attached hydrogen (secondary N) is 2. The Bertz CT molecular complexity index is 1030. The number of ether oxygens (including phenoxy) is 4. The quantitative estimate of drug-likeness (QED) is 0.0964. The Kier molecular flexibility index (Phi) is 11.1. The topological polar surface area (TPSA) is 289 Å². The summed E-state index contributed by atoms with van der Waals surface area (Å²) in [6.45, 7) is 2.22. The molecule has 4 aliphatic rings. The largest absolute Gasteiger partial charge is 0.467 e. The van der Waals surface area contributed by atoms with Gasteiger partial charge >= 0.3 is 0 Å². The molecule has 0 spiro atoms. The first-order valence-electron chi connectivity index (χ1n) is 15.4. The Balaban J connectivity index is 1.76. The lowest BCUT2D eigenvalue weighted by molar-refractivity contribution is -0.341. The van der Waals surface area contributed by atoms with Gasteiger partial charge in [-0.05, 0) is 65.2 Å². The lowest BCUT2D eigenvalue weighted by Crippen LogP contribution is -2.81. The minimum absolute atomic E-state index is 0.0606. The first kappa shape index (κ1) is 35.5. The molecule has 0 aromatic carbocycles. The number of aliphatic hydroxyl groups is 4. The third-order valence-corrected chi connectivity index (χ3v) is 9.68. The smallest absolute Gasteiger partial charge is 0.215 e. The third kappa shape index (κ3) is 6.70. The van der Waals surface area contributed by atoms with Crippen LogP contribution in [-0.2, 0) is 23.7 Å². The average Bonchev–Trinajstić information content (AvgIpc) is 3.40. The number of rotatable bonds is 12. The number of carbonyl (C=O) groups excluding carboxylic acids is 1. The van der Waals surface area contributed by atoms with Crippen molar-refractivity contribution in [2.45, 2.75) is 117 Å². The van der Waals surface area contributed by atoms with Crippen molar-refractivity contribution in [3.8, 4) is 0 Å². The van der Waals surface area contributed by atoms with Gasteiger partial charge in [-0.2, -0.15) is 0 Å². The van der Waals surface area contributed by atoms with Gasteiger partial charge in [-0.3, -0.25) is 4.79 Å². The molecular weight excluding hydrogens is 578 g/mol. The highest BCUT2D eigenvalue weighted by Crippen LogP contribution is 2.47. The van der Waals surface area contributed by atoms with Gasteiger partial charge in [0.15, 0.2) is 12.1 Å². The van der Waals surface area contributed by atoms with Crippen LogP contribution in [-0.4, -0.2) is 137 Å². The van der Waals surface area contributed by atoms with Crippen molar-refractivity contribution < 1.29 is 44.2 Å². The fourth-order valence-electron chi connectivity index (χ4n) is 7.09. The van der Waals surface area contributed by atoms with Gasteiger partial charge in [0.1, 0.15) is 40.8 Å². The van der Waals surface area contributed by atoms with Crippen LogP contribution >= 0.6 is 0 Å². The summed E-state index contributed by atoms with van der Waals surface area (Å²) in [5.41, 5.74) is 24.8. The second kappa shape index (κ2) is 13.8. The van der Waals surface area contributed by atoms with E-state index in [1.165, 1.54) is 6.92 Å². The summed E-state index contributed by atoms with van der Waals surface area (Å²) in [6, 6.07) is -2.51. The molecule has 0 aromatic rings. The van der Waals surface area contributed by atoms with Crippen molar-refractivity contribution in [2.24, 2.45) is 28.7 Å². The van der Waals surface area contributed by atoms with Crippen molar-refractivity contribution in [3.05, 3.63) is 11.8 Å². The van der Waals surface area contributed by atoms with Crippen LogP contribution in [0, 0.1) is 0 Å². The van der Waals surface area contributed by atoms with Crippen molar-refractivity contribution >= 4 is 5.78 Å². The number of likely N-dealkylation sites (N-methyl/N-ethyl adjacent to an activating group) is 1. The van der Waals surface area contributed by atoms with Crippen LogP contribution in [0.1, 0.15) is 45.4 Å². The Labute approximate surface area is 257 Å². The number of β-amino-alcohol motifs (C(OH)–C–C–N with tert-alkyl or cyclic N) is 1. The molecule has 12 atom stereocenters. The molecule has 0 aromatic heterocycles. The molecule has 1 aliphatic carbocycles. The van der Waals surface area contributed by atoms with E-state index >= 15 is 0 Å². The van der Waals surface area contributed by atoms with Gasteiger partial charge in [-0.15, -0.1) is 0 Å². The van der Waals surface area contributed by atoms with E-state index in [1.54, 1.807) is 13.1 Å². The first-order chi connectivity index (χ1) is 20.7. The fraction of sp³-hybridized carbons (Fsp3) is 0.893. The van der Waals surface area contributed by atoms with Gasteiger partial charge in [-0.1, -0.05) is 0 Å². The molecule has 3 heterocycles. The Morgan fingerprint density at radius 1 is 1.20 bits per heavy atom. The molecule has 1 saturated carbocycles. The molecule has 3 aliphatic heterocycles. The minimum Gasteiger partial charge on any atom is -0.467 e. The number of hydrogen-bond acceptors (Lipinski definition) is 16. The summed E-state index contributed by atoms with van der Waals surface area (Å²) >= 11 is 0. The van der Waals surface area contributed by atoms with Crippen LogP contribution in [0.5, 0.6) is 0 Å². The Morgan fingerprint density at radius 2 is 1.93 bits per heavy atom. The lowest BCUT2D eigenvalue weighted by atomic mass is 9.60.